The van der Waals surface area contributed by atoms with Gasteiger partial charge >= 0.3 is 0 Å². The predicted molar refractivity (Wildman–Crippen MR) is 81.2 cm³/mol. The van der Waals surface area contributed by atoms with Gasteiger partial charge in [-0.15, -0.1) is 0 Å². The van der Waals surface area contributed by atoms with Crippen molar-refractivity contribution in [3.63, 3.8) is 0 Å². The van der Waals surface area contributed by atoms with Crippen molar-refractivity contribution < 1.29 is 8.42 Å². The zero-order chi connectivity index (χ0) is 14.6. The van der Waals surface area contributed by atoms with Crippen LogP contribution in [0, 0.1) is 18.3 Å². The minimum atomic E-state index is -3.48. The van der Waals surface area contributed by atoms with Crippen LogP contribution in [0.5, 0.6) is 0 Å². The zero-order valence-corrected chi connectivity index (χ0v) is 13.1. The van der Waals surface area contributed by atoms with Crippen LogP contribution < -0.4 is 4.72 Å². The van der Waals surface area contributed by atoms with Crippen LogP contribution >= 0.6 is 11.8 Å². The topological polar surface area (TPSA) is 70.0 Å². The molecule has 1 atom stereocenters. The fourth-order valence-corrected chi connectivity index (χ4v) is 4.69. The third-order valence-corrected chi connectivity index (χ3v) is 6.22. The predicted octanol–water partition coefficient (Wildman–Crippen LogP) is 2.43. The lowest BCUT2D eigenvalue weighted by Gasteiger charge is -2.21. The van der Waals surface area contributed by atoms with E-state index >= 15 is 0 Å². The number of sulfonamides is 1. The average Bonchev–Trinajstić information content (AvgIpc) is 2.46. The van der Waals surface area contributed by atoms with Gasteiger partial charge in [0, 0.05) is 11.8 Å². The van der Waals surface area contributed by atoms with Crippen LogP contribution in [-0.4, -0.2) is 26.0 Å². The molecule has 0 aliphatic carbocycles. The molecule has 108 valence electrons. The Bertz CT molecular complexity index is 615. The molecule has 1 aromatic carbocycles. The second-order valence-corrected chi connectivity index (χ2v) is 8.10. The second-order valence-electron chi connectivity index (χ2n) is 4.93. The first-order chi connectivity index (χ1) is 9.53. The third kappa shape index (κ3) is 3.75. The molecule has 1 unspecified atom stereocenters. The molecule has 1 heterocycles. The molecule has 4 nitrogen and oxygen atoms in total. The lowest BCUT2D eigenvalue weighted by molar-refractivity contribution is 0.573. The fourth-order valence-electron chi connectivity index (χ4n) is 2.18. The molecule has 1 saturated heterocycles. The van der Waals surface area contributed by atoms with Gasteiger partial charge in [0.25, 0.3) is 0 Å². The molecule has 0 aromatic heterocycles. The van der Waals surface area contributed by atoms with Gasteiger partial charge in [0.1, 0.15) is 0 Å². The maximum atomic E-state index is 12.2. The standard InChI is InChI=1S/C14H18N2O2S2/c1-11-8-14(6-5-12(11)9-15)20(17,18)16-10-13-4-2-3-7-19-13/h5-6,8,13,16H,2-4,7,10H2,1H3. The monoisotopic (exact) mass is 310 g/mol. The number of thioether (sulfide) groups is 1. The fraction of sp³-hybridized carbons (Fsp3) is 0.500. The van der Waals surface area contributed by atoms with E-state index in [-0.39, 0.29) is 4.90 Å². The Labute approximate surface area is 124 Å². The van der Waals surface area contributed by atoms with Gasteiger partial charge in [0.2, 0.25) is 10.0 Å². The highest BCUT2D eigenvalue weighted by Gasteiger charge is 2.19. The van der Waals surface area contributed by atoms with E-state index in [1.807, 2.05) is 17.8 Å². The molecule has 1 aliphatic rings. The molecule has 1 fully saturated rings. The van der Waals surface area contributed by atoms with Crippen LogP contribution in [0.3, 0.4) is 0 Å². The highest BCUT2D eigenvalue weighted by atomic mass is 32.2. The maximum Gasteiger partial charge on any atom is 0.240 e. The van der Waals surface area contributed by atoms with Crippen molar-refractivity contribution in [3.05, 3.63) is 29.3 Å². The summed E-state index contributed by atoms with van der Waals surface area (Å²) in [7, 11) is -3.48. The van der Waals surface area contributed by atoms with E-state index in [9.17, 15) is 8.42 Å². The van der Waals surface area contributed by atoms with Gasteiger partial charge in [0.15, 0.2) is 0 Å². The summed E-state index contributed by atoms with van der Waals surface area (Å²) in [5, 5.41) is 9.24. The number of nitrogens with zero attached hydrogens (tertiary/aromatic N) is 1. The highest BCUT2D eigenvalue weighted by molar-refractivity contribution is 8.00. The number of nitriles is 1. The first kappa shape index (κ1) is 15.4. The Balaban J connectivity index is 2.06. The van der Waals surface area contributed by atoms with Crippen molar-refractivity contribution in [1.29, 1.82) is 5.26 Å². The summed E-state index contributed by atoms with van der Waals surface area (Å²) in [5.41, 5.74) is 1.19. The maximum absolute atomic E-state index is 12.2. The van der Waals surface area contributed by atoms with Crippen molar-refractivity contribution >= 4 is 21.8 Å². The van der Waals surface area contributed by atoms with Crippen LogP contribution in [0.15, 0.2) is 23.1 Å². The summed E-state index contributed by atoms with van der Waals surface area (Å²) >= 11 is 1.84. The Morgan fingerprint density at radius 1 is 1.45 bits per heavy atom. The van der Waals surface area contributed by atoms with Gasteiger partial charge in [0.05, 0.1) is 16.5 Å². The average molecular weight is 310 g/mol. The van der Waals surface area contributed by atoms with E-state index < -0.39 is 10.0 Å². The molecule has 20 heavy (non-hydrogen) atoms. The Hall–Kier alpha value is -1.03. The molecule has 2 rings (SSSR count). The van der Waals surface area contributed by atoms with Gasteiger partial charge in [-0.2, -0.15) is 17.0 Å². The van der Waals surface area contributed by atoms with E-state index in [0.717, 1.165) is 12.2 Å². The Kier molecular flexibility index (Phi) is 5.08. The Morgan fingerprint density at radius 2 is 2.25 bits per heavy atom. The van der Waals surface area contributed by atoms with E-state index in [1.54, 1.807) is 19.1 Å². The van der Waals surface area contributed by atoms with Gasteiger partial charge in [-0.25, -0.2) is 13.1 Å². The van der Waals surface area contributed by atoms with Crippen molar-refractivity contribution in [3.8, 4) is 6.07 Å². The van der Waals surface area contributed by atoms with Crippen molar-refractivity contribution in [2.24, 2.45) is 0 Å². The number of hydrogen-bond donors (Lipinski definition) is 1. The number of aryl methyl sites for hydroxylation is 1. The van der Waals surface area contributed by atoms with E-state index in [2.05, 4.69) is 4.72 Å². The van der Waals surface area contributed by atoms with Gasteiger partial charge in [-0.05, 0) is 49.3 Å². The van der Waals surface area contributed by atoms with E-state index in [0.29, 0.717) is 22.9 Å². The first-order valence-corrected chi connectivity index (χ1v) is 9.18. The van der Waals surface area contributed by atoms with Crippen LogP contribution in [-0.2, 0) is 10.0 Å². The minimum Gasteiger partial charge on any atom is -0.210 e. The Morgan fingerprint density at radius 3 is 2.85 bits per heavy atom. The molecule has 1 aliphatic heterocycles. The van der Waals surface area contributed by atoms with Gasteiger partial charge in [-0.1, -0.05) is 6.42 Å². The van der Waals surface area contributed by atoms with Crippen LogP contribution in [0.2, 0.25) is 0 Å². The summed E-state index contributed by atoms with van der Waals surface area (Å²) in [6, 6.07) is 6.63. The van der Waals surface area contributed by atoms with Gasteiger partial charge < -0.3 is 0 Å². The second kappa shape index (κ2) is 6.61. The number of benzene rings is 1. The molecular weight excluding hydrogens is 292 g/mol. The summed E-state index contributed by atoms with van der Waals surface area (Å²) in [4.78, 5) is 0.231. The summed E-state index contributed by atoms with van der Waals surface area (Å²) < 4.78 is 27.1. The van der Waals surface area contributed by atoms with Crippen molar-refractivity contribution in [2.75, 3.05) is 12.3 Å². The molecule has 0 bridgehead atoms. The summed E-state index contributed by atoms with van der Waals surface area (Å²) in [6.07, 6.45) is 3.47. The lowest BCUT2D eigenvalue weighted by Crippen LogP contribution is -2.32. The first-order valence-electron chi connectivity index (χ1n) is 6.65. The molecule has 6 heteroatoms. The number of rotatable bonds is 4. The van der Waals surface area contributed by atoms with E-state index in [4.69, 9.17) is 5.26 Å². The zero-order valence-electron chi connectivity index (χ0n) is 11.4. The number of nitrogens with one attached hydrogen (secondary N) is 1. The van der Waals surface area contributed by atoms with Gasteiger partial charge in [-0.3, -0.25) is 0 Å². The molecule has 1 N–H and O–H groups in total. The summed E-state index contributed by atoms with van der Waals surface area (Å²) in [6.45, 7) is 2.22. The number of hydrogen-bond acceptors (Lipinski definition) is 4. The van der Waals surface area contributed by atoms with Crippen molar-refractivity contribution in [1.82, 2.24) is 4.72 Å². The normalized spacial score (nSPS) is 19.5. The smallest absolute Gasteiger partial charge is 0.210 e. The SMILES string of the molecule is Cc1cc(S(=O)(=O)NCC2CCCCS2)ccc1C#N. The minimum absolute atomic E-state index is 0.231. The highest BCUT2D eigenvalue weighted by Crippen LogP contribution is 2.24. The van der Waals surface area contributed by atoms with Crippen molar-refractivity contribution in [2.45, 2.75) is 36.3 Å². The lowest BCUT2D eigenvalue weighted by atomic mass is 10.1. The van der Waals surface area contributed by atoms with Crippen LogP contribution in [0.1, 0.15) is 30.4 Å². The van der Waals surface area contributed by atoms with E-state index in [1.165, 1.54) is 18.9 Å². The molecule has 0 spiro atoms. The van der Waals surface area contributed by atoms with Crippen LogP contribution in [0.4, 0.5) is 0 Å². The molecule has 1 aromatic rings. The third-order valence-electron chi connectivity index (χ3n) is 3.40. The molecular formula is C14H18N2O2S2. The quantitative estimate of drug-likeness (QED) is 0.927. The molecule has 0 saturated carbocycles. The molecule has 0 amide bonds. The summed E-state index contributed by atoms with van der Waals surface area (Å²) in [5.74, 6) is 1.11. The molecule has 0 radical (unpaired) electrons. The van der Waals surface area contributed by atoms with Crippen LogP contribution in [0.25, 0.3) is 0 Å². The largest absolute Gasteiger partial charge is 0.240 e.